The van der Waals surface area contributed by atoms with E-state index in [2.05, 4.69) is 20.8 Å². The van der Waals surface area contributed by atoms with E-state index in [0.717, 1.165) is 22.7 Å². The summed E-state index contributed by atoms with van der Waals surface area (Å²) in [7, 11) is 3.28. The van der Waals surface area contributed by atoms with Crippen LogP contribution < -0.4 is 14.8 Å². The van der Waals surface area contributed by atoms with Gasteiger partial charge < -0.3 is 14.8 Å². The molecule has 1 aromatic heterocycles. The van der Waals surface area contributed by atoms with Gasteiger partial charge in [-0.25, -0.2) is 0 Å². The molecule has 0 saturated carbocycles. The van der Waals surface area contributed by atoms with Crippen molar-refractivity contribution in [1.29, 1.82) is 0 Å². The third-order valence-electron chi connectivity index (χ3n) is 3.72. The smallest absolute Gasteiger partial charge is 0.248 e. The van der Waals surface area contributed by atoms with Gasteiger partial charge in [-0.15, -0.1) is 0 Å². The van der Waals surface area contributed by atoms with Crippen LogP contribution in [0, 0.1) is 0 Å². The molecule has 0 aliphatic rings. The molecule has 1 atom stereocenters. The van der Waals surface area contributed by atoms with Crippen LogP contribution in [0.1, 0.15) is 18.5 Å². The molecule has 3 aromatic rings. The van der Waals surface area contributed by atoms with E-state index in [9.17, 15) is 0 Å². The van der Waals surface area contributed by atoms with E-state index < -0.39 is 0 Å². The van der Waals surface area contributed by atoms with Crippen molar-refractivity contribution in [3.8, 4) is 17.2 Å². The number of benzene rings is 2. The maximum atomic E-state index is 5.45. The van der Waals surface area contributed by atoms with Crippen molar-refractivity contribution in [1.82, 2.24) is 20.2 Å². The van der Waals surface area contributed by atoms with E-state index in [-0.39, 0.29) is 6.04 Å². The Hall–Kier alpha value is -3.09. The first-order chi connectivity index (χ1) is 11.7. The predicted octanol–water partition coefficient (Wildman–Crippen LogP) is 2.85. The van der Waals surface area contributed by atoms with Gasteiger partial charge in [0.1, 0.15) is 11.5 Å². The minimum atomic E-state index is -0.0801. The summed E-state index contributed by atoms with van der Waals surface area (Å²) in [4.78, 5) is 0. The largest absolute Gasteiger partial charge is 0.497 e. The SMILES string of the molecule is COc1ccc(OC)c([C@H](C)Nc2nnnn2-c2ccccc2)c1. The Labute approximate surface area is 140 Å². The Morgan fingerprint density at radius 2 is 1.83 bits per heavy atom. The topological polar surface area (TPSA) is 74.1 Å². The summed E-state index contributed by atoms with van der Waals surface area (Å²) in [5.74, 6) is 2.09. The third kappa shape index (κ3) is 3.15. The number of ether oxygens (including phenoxy) is 2. The van der Waals surface area contributed by atoms with E-state index in [4.69, 9.17) is 9.47 Å². The van der Waals surface area contributed by atoms with Crippen LogP contribution in [-0.4, -0.2) is 34.4 Å². The molecule has 0 spiro atoms. The lowest BCUT2D eigenvalue weighted by Crippen LogP contribution is -2.13. The highest BCUT2D eigenvalue weighted by Gasteiger charge is 2.16. The lowest BCUT2D eigenvalue weighted by Gasteiger charge is -2.18. The number of nitrogens with zero attached hydrogens (tertiary/aromatic N) is 4. The standard InChI is InChI=1S/C17H19N5O2/c1-12(15-11-14(23-2)9-10-16(15)24-3)18-17-19-20-21-22(17)13-7-5-4-6-8-13/h4-12H,1-3H3,(H,18,19,21)/t12-/m0/s1. The number of hydrogen-bond donors (Lipinski definition) is 1. The van der Waals surface area contributed by atoms with E-state index in [1.807, 2.05) is 55.5 Å². The summed E-state index contributed by atoms with van der Waals surface area (Å²) in [6.45, 7) is 2.02. The van der Waals surface area contributed by atoms with Crippen LogP contribution in [0.4, 0.5) is 5.95 Å². The van der Waals surface area contributed by atoms with Crippen molar-refractivity contribution in [2.24, 2.45) is 0 Å². The quantitative estimate of drug-likeness (QED) is 0.751. The number of para-hydroxylation sites is 1. The zero-order valence-corrected chi connectivity index (χ0v) is 13.8. The van der Waals surface area contributed by atoms with Gasteiger partial charge in [0, 0.05) is 5.56 Å². The molecule has 1 N–H and O–H groups in total. The molecule has 0 saturated heterocycles. The van der Waals surface area contributed by atoms with Gasteiger partial charge >= 0.3 is 0 Å². The number of tetrazole rings is 1. The number of methoxy groups -OCH3 is 2. The molecule has 7 nitrogen and oxygen atoms in total. The summed E-state index contributed by atoms with van der Waals surface area (Å²) in [5, 5.41) is 15.2. The summed E-state index contributed by atoms with van der Waals surface area (Å²) in [5.41, 5.74) is 1.84. The molecule has 3 rings (SSSR count). The molecular weight excluding hydrogens is 306 g/mol. The van der Waals surface area contributed by atoms with Gasteiger partial charge in [0.05, 0.1) is 25.9 Å². The molecule has 0 aliphatic heterocycles. The molecule has 0 bridgehead atoms. The highest BCUT2D eigenvalue weighted by Crippen LogP contribution is 2.31. The highest BCUT2D eigenvalue weighted by atomic mass is 16.5. The van der Waals surface area contributed by atoms with Gasteiger partial charge in [-0.3, -0.25) is 0 Å². The number of hydrogen-bond acceptors (Lipinski definition) is 6. The molecule has 1 heterocycles. The normalized spacial score (nSPS) is 11.8. The van der Waals surface area contributed by atoms with E-state index in [1.165, 1.54) is 0 Å². The number of rotatable bonds is 6. The fourth-order valence-electron chi connectivity index (χ4n) is 2.47. The Kier molecular flexibility index (Phi) is 4.60. The Bertz CT molecular complexity index is 804. The molecule has 0 aliphatic carbocycles. The Morgan fingerprint density at radius 1 is 1.04 bits per heavy atom. The van der Waals surface area contributed by atoms with Crippen molar-refractivity contribution < 1.29 is 9.47 Å². The lowest BCUT2D eigenvalue weighted by molar-refractivity contribution is 0.397. The van der Waals surface area contributed by atoms with Gasteiger partial charge in [0.2, 0.25) is 5.95 Å². The average molecular weight is 325 g/mol. The minimum Gasteiger partial charge on any atom is -0.497 e. The van der Waals surface area contributed by atoms with Gasteiger partial charge in [0.15, 0.2) is 0 Å². The molecule has 0 fully saturated rings. The molecule has 0 radical (unpaired) electrons. The van der Waals surface area contributed by atoms with E-state index in [0.29, 0.717) is 5.95 Å². The first-order valence-electron chi connectivity index (χ1n) is 7.55. The second kappa shape index (κ2) is 6.99. The Morgan fingerprint density at radius 3 is 2.54 bits per heavy atom. The summed E-state index contributed by atoms with van der Waals surface area (Å²) in [6, 6.07) is 15.3. The molecule has 0 amide bonds. The second-order valence-corrected chi connectivity index (χ2v) is 5.22. The first-order valence-corrected chi connectivity index (χ1v) is 7.55. The van der Waals surface area contributed by atoms with E-state index >= 15 is 0 Å². The van der Waals surface area contributed by atoms with Crippen molar-refractivity contribution in [3.05, 3.63) is 54.1 Å². The van der Waals surface area contributed by atoms with E-state index in [1.54, 1.807) is 18.9 Å². The van der Waals surface area contributed by atoms with Crippen LogP contribution in [0.3, 0.4) is 0 Å². The maximum Gasteiger partial charge on any atom is 0.248 e. The monoisotopic (exact) mass is 325 g/mol. The van der Waals surface area contributed by atoms with Crippen molar-refractivity contribution in [3.63, 3.8) is 0 Å². The fraction of sp³-hybridized carbons (Fsp3) is 0.235. The van der Waals surface area contributed by atoms with Crippen LogP contribution in [0.15, 0.2) is 48.5 Å². The summed E-state index contributed by atoms with van der Waals surface area (Å²) >= 11 is 0. The van der Waals surface area contributed by atoms with Crippen LogP contribution >= 0.6 is 0 Å². The molecule has 0 unspecified atom stereocenters. The van der Waals surface area contributed by atoms with Gasteiger partial charge in [0.25, 0.3) is 0 Å². The van der Waals surface area contributed by atoms with Crippen LogP contribution in [0.25, 0.3) is 5.69 Å². The average Bonchev–Trinajstić information content (AvgIpc) is 3.09. The maximum absolute atomic E-state index is 5.45. The molecule has 124 valence electrons. The zero-order valence-electron chi connectivity index (χ0n) is 13.8. The zero-order chi connectivity index (χ0) is 16.9. The lowest BCUT2D eigenvalue weighted by atomic mass is 10.1. The Balaban J connectivity index is 1.89. The first kappa shape index (κ1) is 15.8. The van der Waals surface area contributed by atoms with Gasteiger partial charge in [-0.05, 0) is 47.7 Å². The van der Waals surface area contributed by atoms with Gasteiger partial charge in [-0.1, -0.05) is 23.3 Å². The minimum absolute atomic E-state index is 0.0801. The summed E-state index contributed by atoms with van der Waals surface area (Å²) in [6.07, 6.45) is 0. The van der Waals surface area contributed by atoms with Crippen LogP contribution in [-0.2, 0) is 0 Å². The molecule has 7 heteroatoms. The van der Waals surface area contributed by atoms with Crippen LogP contribution in [0.5, 0.6) is 11.5 Å². The van der Waals surface area contributed by atoms with Gasteiger partial charge in [-0.2, -0.15) is 4.68 Å². The highest BCUT2D eigenvalue weighted by molar-refractivity contribution is 5.46. The van der Waals surface area contributed by atoms with Crippen molar-refractivity contribution >= 4 is 5.95 Å². The summed E-state index contributed by atoms with van der Waals surface area (Å²) < 4.78 is 12.4. The molecule has 24 heavy (non-hydrogen) atoms. The number of nitrogens with one attached hydrogen (secondary N) is 1. The van der Waals surface area contributed by atoms with Crippen molar-refractivity contribution in [2.45, 2.75) is 13.0 Å². The van der Waals surface area contributed by atoms with Crippen molar-refractivity contribution in [2.75, 3.05) is 19.5 Å². The molecule has 2 aromatic carbocycles. The predicted molar refractivity (Wildman–Crippen MR) is 90.7 cm³/mol. The fourth-order valence-corrected chi connectivity index (χ4v) is 2.47. The van der Waals surface area contributed by atoms with Crippen LogP contribution in [0.2, 0.25) is 0 Å². The number of aromatic nitrogens is 4. The third-order valence-corrected chi connectivity index (χ3v) is 3.72. The molecular formula is C17H19N5O2. The second-order valence-electron chi connectivity index (χ2n) is 5.22. The number of anilines is 1.